The SMILES string of the molecule is CCOc1ccc(C=C2N=C(C)OC2=O)cc1OCC. The average Bonchev–Trinajstić information content (AvgIpc) is 2.71. The van der Waals surface area contributed by atoms with E-state index in [1.165, 1.54) is 0 Å². The highest BCUT2D eigenvalue weighted by atomic mass is 16.6. The molecule has 20 heavy (non-hydrogen) atoms. The Morgan fingerprint density at radius 1 is 1.20 bits per heavy atom. The predicted octanol–water partition coefficient (Wildman–Crippen LogP) is 2.80. The molecule has 106 valence electrons. The number of esters is 1. The largest absolute Gasteiger partial charge is 0.490 e. The van der Waals surface area contributed by atoms with Gasteiger partial charge in [-0.15, -0.1) is 0 Å². The number of aliphatic imine (C=N–C) groups is 1. The van der Waals surface area contributed by atoms with Crippen molar-refractivity contribution in [3.8, 4) is 11.5 Å². The molecule has 1 aromatic rings. The lowest BCUT2D eigenvalue weighted by atomic mass is 10.1. The Hall–Kier alpha value is -2.30. The number of carbonyl (C=O) groups is 1. The van der Waals surface area contributed by atoms with Gasteiger partial charge in [-0.05, 0) is 37.6 Å². The summed E-state index contributed by atoms with van der Waals surface area (Å²) in [7, 11) is 0. The van der Waals surface area contributed by atoms with Gasteiger partial charge in [0, 0.05) is 6.92 Å². The molecule has 0 amide bonds. The van der Waals surface area contributed by atoms with Crippen LogP contribution in [0.2, 0.25) is 0 Å². The standard InChI is InChI=1S/C15H17NO4/c1-4-18-13-7-6-11(9-14(13)19-5-2)8-12-15(17)20-10(3)16-12/h6-9H,4-5H2,1-3H3. The van der Waals surface area contributed by atoms with Crippen LogP contribution in [0, 0.1) is 0 Å². The number of benzene rings is 1. The van der Waals surface area contributed by atoms with Crippen LogP contribution in [0.5, 0.6) is 11.5 Å². The molecule has 1 aromatic carbocycles. The first-order chi connectivity index (χ1) is 9.63. The zero-order valence-corrected chi connectivity index (χ0v) is 11.8. The Balaban J connectivity index is 2.31. The van der Waals surface area contributed by atoms with Crippen LogP contribution in [0.1, 0.15) is 26.3 Å². The van der Waals surface area contributed by atoms with Gasteiger partial charge in [0.2, 0.25) is 0 Å². The predicted molar refractivity (Wildman–Crippen MR) is 76.0 cm³/mol. The maximum absolute atomic E-state index is 11.5. The van der Waals surface area contributed by atoms with Gasteiger partial charge in [-0.2, -0.15) is 0 Å². The number of hydrogen-bond donors (Lipinski definition) is 0. The normalized spacial score (nSPS) is 16.1. The molecule has 0 bridgehead atoms. The van der Waals surface area contributed by atoms with Crippen molar-refractivity contribution in [3.63, 3.8) is 0 Å². The minimum absolute atomic E-state index is 0.286. The van der Waals surface area contributed by atoms with E-state index < -0.39 is 5.97 Å². The fourth-order valence-electron chi connectivity index (χ4n) is 1.83. The third-order valence-electron chi connectivity index (χ3n) is 2.60. The molecule has 0 unspecified atom stereocenters. The van der Waals surface area contributed by atoms with Gasteiger partial charge in [0.05, 0.1) is 13.2 Å². The lowest BCUT2D eigenvalue weighted by Crippen LogP contribution is -2.00. The number of rotatable bonds is 5. The van der Waals surface area contributed by atoms with Crippen LogP contribution >= 0.6 is 0 Å². The summed E-state index contributed by atoms with van der Waals surface area (Å²) in [5.41, 5.74) is 1.09. The third kappa shape index (κ3) is 3.17. The topological polar surface area (TPSA) is 57.1 Å². The Kier molecular flexibility index (Phi) is 4.40. The van der Waals surface area contributed by atoms with E-state index in [9.17, 15) is 4.79 Å². The van der Waals surface area contributed by atoms with Crippen molar-refractivity contribution in [3.05, 3.63) is 29.5 Å². The number of nitrogens with zero attached hydrogens (tertiary/aromatic N) is 1. The van der Waals surface area contributed by atoms with Crippen LogP contribution in [0.3, 0.4) is 0 Å². The van der Waals surface area contributed by atoms with Gasteiger partial charge in [0.25, 0.3) is 0 Å². The molecule has 0 saturated carbocycles. The average molecular weight is 275 g/mol. The van der Waals surface area contributed by atoms with Crippen molar-refractivity contribution in [2.45, 2.75) is 20.8 Å². The lowest BCUT2D eigenvalue weighted by Gasteiger charge is -2.11. The van der Waals surface area contributed by atoms with E-state index in [2.05, 4.69) is 4.99 Å². The molecular formula is C15H17NO4. The fourth-order valence-corrected chi connectivity index (χ4v) is 1.83. The molecule has 0 radical (unpaired) electrons. The Morgan fingerprint density at radius 3 is 2.50 bits per heavy atom. The Labute approximate surface area is 117 Å². The highest BCUT2D eigenvalue weighted by molar-refractivity contribution is 6.06. The Bertz CT molecular complexity index is 575. The summed E-state index contributed by atoms with van der Waals surface area (Å²) in [5.74, 6) is 1.26. The monoisotopic (exact) mass is 275 g/mol. The first-order valence-electron chi connectivity index (χ1n) is 6.52. The van der Waals surface area contributed by atoms with Gasteiger partial charge in [0.15, 0.2) is 23.1 Å². The van der Waals surface area contributed by atoms with Crippen LogP contribution in [0.4, 0.5) is 0 Å². The number of cyclic esters (lactones) is 1. The van der Waals surface area contributed by atoms with E-state index in [1.54, 1.807) is 13.0 Å². The van der Waals surface area contributed by atoms with E-state index >= 15 is 0 Å². The van der Waals surface area contributed by atoms with Crippen molar-refractivity contribution in [2.24, 2.45) is 4.99 Å². The quantitative estimate of drug-likeness (QED) is 0.612. The molecule has 0 N–H and O–H groups in total. The summed E-state index contributed by atoms with van der Waals surface area (Å²) >= 11 is 0. The molecule has 0 aromatic heterocycles. The van der Waals surface area contributed by atoms with Gasteiger partial charge < -0.3 is 14.2 Å². The van der Waals surface area contributed by atoms with Crippen LogP contribution < -0.4 is 9.47 Å². The van der Waals surface area contributed by atoms with E-state index in [0.717, 1.165) is 5.56 Å². The first-order valence-corrected chi connectivity index (χ1v) is 6.52. The van der Waals surface area contributed by atoms with Gasteiger partial charge >= 0.3 is 5.97 Å². The molecule has 0 atom stereocenters. The van der Waals surface area contributed by atoms with E-state index in [-0.39, 0.29) is 5.70 Å². The second-order valence-electron chi connectivity index (χ2n) is 4.12. The second kappa shape index (κ2) is 6.23. The molecule has 5 heteroatoms. The molecule has 1 aliphatic rings. The second-order valence-corrected chi connectivity index (χ2v) is 4.12. The van der Waals surface area contributed by atoms with Crippen LogP contribution in [0.15, 0.2) is 28.9 Å². The van der Waals surface area contributed by atoms with E-state index in [0.29, 0.717) is 30.6 Å². The van der Waals surface area contributed by atoms with Crippen molar-refractivity contribution in [1.29, 1.82) is 0 Å². The number of ether oxygens (including phenoxy) is 3. The summed E-state index contributed by atoms with van der Waals surface area (Å²) in [5, 5.41) is 0. The van der Waals surface area contributed by atoms with Crippen molar-refractivity contribution in [1.82, 2.24) is 0 Å². The summed E-state index contributed by atoms with van der Waals surface area (Å²) in [6, 6.07) is 5.48. The Morgan fingerprint density at radius 2 is 1.90 bits per heavy atom. The van der Waals surface area contributed by atoms with Gasteiger partial charge in [-0.3, -0.25) is 0 Å². The fraction of sp³-hybridized carbons (Fsp3) is 0.333. The highest BCUT2D eigenvalue weighted by Gasteiger charge is 2.19. The molecule has 1 aliphatic heterocycles. The van der Waals surface area contributed by atoms with Crippen molar-refractivity contribution in [2.75, 3.05) is 13.2 Å². The maximum atomic E-state index is 11.5. The van der Waals surface area contributed by atoms with Gasteiger partial charge in [-0.1, -0.05) is 6.07 Å². The summed E-state index contributed by atoms with van der Waals surface area (Å²) < 4.78 is 15.9. The van der Waals surface area contributed by atoms with Gasteiger partial charge in [0.1, 0.15) is 0 Å². The molecule has 0 fully saturated rings. The molecule has 0 aliphatic carbocycles. The minimum Gasteiger partial charge on any atom is -0.490 e. The first kappa shape index (κ1) is 14.1. The molecular weight excluding hydrogens is 258 g/mol. The molecule has 1 heterocycles. The smallest absolute Gasteiger partial charge is 0.363 e. The van der Waals surface area contributed by atoms with E-state index in [1.807, 2.05) is 32.0 Å². The van der Waals surface area contributed by atoms with Crippen LogP contribution in [0.25, 0.3) is 6.08 Å². The zero-order valence-electron chi connectivity index (χ0n) is 11.8. The highest BCUT2D eigenvalue weighted by Crippen LogP contribution is 2.29. The molecule has 0 saturated heterocycles. The summed E-state index contributed by atoms with van der Waals surface area (Å²) in [6.45, 7) is 6.57. The zero-order chi connectivity index (χ0) is 14.5. The van der Waals surface area contributed by atoms with Crippen molar-refractivity contribution >= 4 is 17.9 Å². The maximum Gasteiger partial charge on any atom is 0.363 e. The van der Waals surface area contributed by atoms with E-state index in [4.69, 9.17) is 14.2 Å². The molecule has 0 spiro atoms. The summed E-state index contributed by atoms with van der Waals surface area (Å²) in [4.78, 5) is 15.5. The number of hydrogen-bond acceptors (Lipinski definition) is 5. The molecule has 5 nitrogen and oxygen atoms in total. The molecule has 2 rings (SSSR count). The van der Waals surface area contributed by atoms with Crippen molar-refractivity contribution < 1.29 is 19.0 Å². The lowest BCUT2D eigenvalue weighted by molar-refractivity contribution is -0.130. The van der Waals surface area contributed by atoms with Gasteiger partial charge in [-0.25, -0.2) is 9.79 Å². The number of carbonyl (C=O) groups excluding carboxylic acids is 1. The summed E-state index contributed by atoms with van der Waals surface area (Å²) in [6.07, 6.45) is 1.66. The minimum atomic E-state index is -0.436. The third-order valence-corrected chi connectivity index (χ3v) is 2.60. The van der Waals surface area contributed by atoms with Crippen LogP contribution in [-0.4, -0.2) is 25.1 Å². The van der Waals surface area contributed by atoms with Crippen LogP contribution in [-0.2, 0) is 9.53 Å².